The average Bonchev–Trinajstić information content (AvgIpc) is 2.33. The molecule has 1 unspecified atom stereocenters. The van der Waals surface area contributed by atoms with Gasteiger partial charge in [-0.2, -0.15) is 0 Å². The molecule has 1 heterocycles. The first kappa shape index (κ1) is 13.3. The molecular weight excluding hydrogens is 254 g/mol. The topological polar surface area (TPSA) is 49.4 Å². The van der Waals surface area contributed by atoms with Crippen molar-refractivity contribution >= 4 is 17.6 Å². The van der Waals surface area contributed by atoms with Crippen molar-refractivity contribution in [3.8, 4) is 0 Å². The fourth-order valence-electron chi connectivity index (χ4n) is 2.14. The first-order valence-electron chi connectivity index (χ1n) is 5.69. The van der Waals surface area contributed by atoms with Crippen LogP contribution in [0.15, 0.2) is 24.3 Å². The van der Waals surface area contributed by atoms with E-state index < -0.39 is 17.0 Å². The van der Waals surface area contributed by atoms with Gasteiger partial charge in [0.05, 0.1) is 5.54 Å². The number of hydroxylamine groups is 2. The fraction of sp³-hybridized carbons (Fsp3) is 0.462. The van der Waals surface area contributed by atoms with E-state index in [0.717, 1.165) is 5.06 Å². The molecule has 1 aliphatic heterocycles. The predicted octanol–water partition coefficient (Wildman–Crippen LogP) is 2.54. The number of carbonyl (C=O) groups is 1. The molecule has 1 radical (unpaired) electrons. The number of carbonyl (C=O) groups excluding carboxylic acids is 1. The molecule has 4 nitrogen and oxygen atoms in total. The van der Waals surface area contributed by atoms with Crippen molar-refractivity contribution in [1.29, 1.82) is 0 Å². The number of cyclic esters (lactones) is 1. The standard InChI is InChI=1S/C13H15ClNO3/c1-12(2)8-18-11(16)13(3,15(12)17)9-4-6-10(14)7-5-9/h4-7H,8H2,1-3H3. The van der Waals surface area contributed by atoms with Crippen LogP contribution in [0.1, 0.15) is 26.3 Å². The van der Waals surface area contributed by atoms with Gasteiger partial charge in [-0.05, 0) is 38.5 Å². The van der Waals surface area contributed by atoms with E-state index in [2.05, 4.69) is 0 Å². The first-order valence-corrected chi connectivity index (χ1v) is 6.07. The number of rotatable bonds is 1. The molecule has 97 valence electrons. The summed E-state index contributed by atoms with van der Waals surface area (Å²) in [6, 6.07) is 6.67. The molecule has 0 bridgehead atoms. The minimum absolute atomic E-state index is 0.0957. The van der Waals surface area contributed by atoms with Crippen molar-refractivity contribution in [2.75, 3.05) is 6.61 Å². The second-order valence-electron chi connectivity index (χ2n) is 5.26. The minimum atomic E-state index is -1.33. The predicted molar refractivity (Wildman–Crippen MR) is 66.4 cm³/mol. The molecule has 1 aromatic carbocycles. The van der Waals surface area contributed by atoms with E-state index in [1.807, 2.05) is 0 Å². The molecule has 18 heavy (non-hydrogen) atoms. The second-order valence-corrected chi connectivity index (χ2v) is 5.70. The summed E-state index contributed by atoms with van der Waals surface area (Å²) in [6.07, 6.45) is 0. The lowest BCUT2D eigenvalue weighted by molar-refractivity contribution is -0.306. The monoisotopic (exact) mass is 268 g/mol. The summed E-state index contributed by atoms with van der Waals surface area (Å²) in [5.41, 5.74) is -1.49. The van der Waals surface area contributed by atoms with Gasteiger partial charge in [-0.1, -0.05) is 23.7 Å². The number of hydrogen-bond donors (Lipinski definition) is 0. The van der Waals surface area contributed by atoms with E-state index >= 15 is 0 Å². The number of ether oxygens (including phenoxy) is 1. The van der Waals surface area contributed by atoms with Crippen molar-refractivity contribution in [3.63, 3.8) is 0 Å². The molecule has 1 fully saturated rings. The molecule has 0 amide bonds. The quantitative estimate of drug-likeness (QED) is 0.736. The molecule has 0 N–H and O–H groups in total. The van der Waals surface area contributed by atoms with E-state index in [1.165, 1.54) is 0 Å². The molecule has 0 saturated carbocycles. The lowest BCUT2D eigenvalue weighted by atomic mass is 9.86. The molecule has 1 aliphatic rings. The van der Waals surface area contributed by atoms with E-state index in [4.69, 9.17) is 16.3 Å². The van der Waals surface area contributed by atoms with Crippen LogP contribution in [0, 0.1) is 0 Å². The third kappa shape index (κ3) is 1.90. The van der Waals surface area contributed by atoms with Crippen molar-refractivity contribution < 1.29 is 14.7 Å². The van der Waals surface area contributed by atoms with Crippen LogP contribution >= 0.6 is 11.6 Å². The highest BCUT2D eigenvalue weighted by Gasteiger charge is 2.53. The summed E-state index contributed by atoms with van der Waals surface area (Å²) >= 11 is 5.82. The summed E-state index contributed by atoms with van der Waals surface area (Å²) in [5, 5.41) is 13.8. The summed E-state index contributed by atoms with van der Waals surface area (Å²) < 4.78 is 5.15. The van der Waals surface area contributed by atoms with Crippen molar-refractivity contribution in [1.82, 2.24) is 5.06 Å². The zero-order valence-electron chi connectivity index (χ0n) is 10.6. The van der Waals surface area contributed by atoms with Crippen LogP contribution in [0.2, 0.25) is 5.02 Å². The molecule has 2 rings (SSSR count). The number of esters is 1. The van der Waals surface area contributed by atoms with E-state index in [-0.39, 0.29) is 6.61 Å². The van der Waals surface area contributed by atoms with Gasteiger partial charge >= 0.3 is 5.97 Å². The van der Waals surface area contributed by atoms with Gasteiger partial charge in [0.2, 0.25) is 0 Å². The van der Waals surface area contributed by atoms with Gasteiger partial charge in [0.25, 0.3) is 0 Å². The molecular formula is C13H15ClNO3. The number of hydrogen-bond acceptors (Lipinski definition) is 3. The Hall–Kier alpha value is -1.10. The van der Waals surface area contributed by atoms with Crippen LogP contribution < -0.4 is 0 Å². The van der Waals surface area contributed by atoms with Crippen molar-refractivity contribution in [3.05, 3.63) is 34.9 Å². The van der Waals surface area contributed by atoms with E-state index in [1.54, 1.807) is 45.0 Å². The third-order valence-electron chi connectivity index (χ3n) is 3.32. The van der Waals surface area contributed by atoms with Gasteiger partial charge in [0.1, 0.15) is 6.61 Å². The highest BCUT2D eigenvalue weighted by atomic mass is 35.5. The Kier molecular flexibility index (Phi) is 3.13. The zero-order chi connectivity index (χ0) is 13.6. The van der Waals surface area contributed by atoms with Crippen LogP contribution in [-0.2, 0) is 20.3 Å². The average molecular weight is 269 g/mol. The van der Waals surface area contributed by atoms with Crippen molar-refractivity contribution in [2.24, 2.45) is 0 Å². The highest BCUT2D eigenvalue weighted by Crippen LogP contribution is 2.38. The molecule has 1 aromatic rings. The maximum absolute atomic E-state index is 12.4. The number of nitrogens with zero attached hydrogens (tertiary/aromatic N) is 1. The SMILES string of the molecule is CC1(C)COC(=O)C(C)(c2ccc(Cl)cc2)N1[O]. The summed E-state index contributed by atoms with van der Waals surface area (Å²) in [4.78, 5) is 12.0. The van der Waals surface area contributed by atoms with Gasteiger partial charge in [-0.15, -0.1) is 10.3 Å². The Balaban J connectivity index is 2.49. The van der Waals surface area contributed by atoms with Crippen LogP contribution in [-0.4, -0.2) is 23.2 Å². The fourth-order valence-corrected chi connectivity index (χ4v) is 2.27. The molecule has 0 aliphatic carbocycles. The minimum Gasteiger partial charge on any atom is -0.462 e. The molecule has 5 heteroatoms. The summed E-state index contributed by atoms with van der Waals surface area (Å²) in [6.45, 7) is 5.17. The molecule has 1 saturated heterocycles. The Morgan fingerprint density at radius 1 is 1.22 bits per heavy atom. The number of halogens is 1. The zero-order valence-corrected chi connectivity index (χ0v) is 11.3. The van der Waals surface area contributed by atoms with Gasteiger partial charge in [-0.3, -0.25) is 0 Å². The highest BCUT2D eigenvalue weighted by molar-refractivity contribution is 6.30. The largest absolute Gasteiger partial charge is 0.462 e. The molecule has 0 aromatic heterocycles. The first-order chi connectivity index (χ1) is 8.28. The number of morpholine rings is 1. The number of benzene rings is 1. The maximum atomic E-state index is 12.4. The van der Waals surface area contributed by atoms with Crippen LogP contribution in [0.5, 0.6) is 0 Å². The van der Waals surface area contributed by atoms with E-state index in [9.17, 15) is 10.0 Å². The Bertz CT molecular complexity index is 472. The normalized spacial score (nSPS) is 27.9. The lowest BCUT2D eigenvalue weighted by Crippen LogP contribution is -2.63. The summed E-state index contributed by atoms with van der Waals surface area (Å²) in [5.74, 6) is -0.529. The van der Waals surface area contributed by atoms with Crippen LogP contribution in [0.3, 0.4) is 0 Å². The van der Waals surface area contributed by atoms with Crippen LogP contribution in [0.4, 0.5) is 0 Å². The van der Waals surface area contributed by atoms with Gasteiger partial charge in [0, 0.05) is 5.02 Å². The van der Waals surface area contributed by atoms with Gasteiger partial charge < -0.3 is 4.74 Å². The van der Waals surface area contributed by atoms with E-state index in [0.29, 0.717) is 10.6 Å². The Morgan fingerprint density at radius 3 is 2.33 bits per heavy atom. The molecule has 1 atom stereocenters. The maximum Gasteiger partial charge on any atom is 0.333 e. The lowest BCUT2D eigenvalue weighted by Gasteiger charge is -2.46. The Morgan fingerprint density at radius 2 is 1.78 bits per heavy atom. The van der Waals surface area contributed by atoms with Gasteiger partial charge in [-0.25, -0.2) is 4.79 Å². The second kappa shape index (κ2) is 4.23. The van der Waals surface area contributed by atoms with Gasteiger partial charge in [0.15, 0.2) is 5.54 Å². The van der Waals surface area contributed by atoms with Crippen LogP contribution in [0.25, 0.3) is 0 Å². The van der Waals surface area contributed by atoms with Crippen molar-refractivity contribution in [2.45, 2.75) is 31.8 Å². The smallest absolute Gasteiger partial charge is 0.333 e. The summed E-state index contributed by atoms with van der Waals surface area (Å²) in [7, 11) is 0. The third-order valence-corrected chi connectivity index (χ3v) is 3.57. The Labute approximate surface area is 111 Å². The molecule has 0 spiro atoms.